The number of imide groups is 1. The van der Waals surface area contributed by atoms with Crippen LogP contribution in [0.15, 0.2) is 59.3 Å². The van der Waals surface area contributed by atoms with Gasteiger partial charge in [-0.05, 0) is 61.2 Å². The molecule has 1 saturated heterocycles. The first-order chi connectivity index (χ1) is 14.8. The van der Waals surface area contributed by atoms with Crippen molar-refractivity contribution < 1.29 is 14.4 Å². The zero-order chi connectivity index (χ0) is 22.1. The highest BCUT2D eigenvalue weighted by Crippen LogP contribution is 2.31. The van der Waals surface area contributed by atoms with Crippen LogP contribution in [0.25, 0.3) is 0 Å². The summed E-state index contributed by atoms with van der Waals surface area (Å²) < 4.78 is 0. The summed E-state index contributed by atoms with van der Waals surface area (Å²) in [5.41, 5.74) is 1.36. The number of likely N-dealkylation sites (tertiary alicyclic amines) is 1. The van der Waals surface area contributed by atoms with E-state index in [1.807, 2.05) is 4.90 Å². The van der Waals surface area contributed by atoms with Gasteiger partial charge in [0.15, 0.2) is 0 Å². The third-order valence-electron chi connectivity index (χ3n) is 5.44. The third kappa shape index (κ3) is 4.31. The molecule has 2 aliphatic heterocycles. The number of hydrogen-bond donors (Lipinski definition) is 1. The minimum absolute atomic E-state index is 0.0298. The summed E-state index contributed by atoms with van der Waals surface area (Å²) in [7, 11) is 0. The number of amides is 3. The molecule has 3 amide bonds. The number of nitrogens with one attached hydrogen (secondary N) is 1. The van der Waals surface area contributed by atoms with Crippen LogP contribution < -0.4 is 10.2 Å². The Hall–Kier alpha value is -2.83. The maximum Gasteiger partial charge on any atom is 0.283 e. The summed E-state index contributed by atoms with van der Waals surface area (Å²) in [6.07, 6.45) is 2.11. The lowest BCUT2D eigenvalue weighted by molar-refractivity contribution is -0.120. The van der Waals surface area contributed by atoms with Crippen molar-refractivity contribution >= 4 is 52.3 Å². The van der Waals surface area contributed by atoms with E-state index in [4.69, 9.17) is 23.2 Å². The van der Waals surface area contributed by atoms with E-state index in [0.29, 0.717) is 27.9 Å². The van der Waals surface area contributed by atoms with Crippen LogP contribution in [0.2, 0.25) is 5.02 Å². The zero-order valence-electron chi connectivity index (χ0n) is 16.9. The minimum Gasteiger partial charge on any atom is -0.350 e. The molecule has 1 atom stereocenters. The predicted molar refractivity (Wildman–Crippen MR) is 121 cm³/mol. The van der Waals surface area contributed by atoms with E-state index in [1.54, 1.807) is 48.5 Å². The lowest BCUT2D eigenvalue weighted by Gasteiger charge is -2.31. The van der Waals surface area contributed by atoms with Crippen molar-refractivity contribution in [3.8, 4) is 0 Å². The Morgan fingerprint density at radius 1 is 1.06 bits per heavy atom. The number of carbonyl (C=O) groups is 3. The van der Waals surface area contributed by atoms with E-state index in [1.165, 1.54) is 0 Å². The Morgan fingerprint density at radius 3 is 2.52 bits per heavy atom. The van der Waals surface area contributed by atoms with Gasteiger partial charge in [0.2, 0.25) is 0 Å². The van der Waals surface area contributed by atoms with Crippen LogP contribution in [0.5, 0.6) is 0 Å². The maximum atomic E-state index is 12.9. The molecule has 8 heteroatoms. The Balaban J connectivity index is 1.54. The van der Waals surface area contributed by atoms with Crippen LogP contribution in [0.4, 0.5) is 11.4 Å². The molecule has 31 heavy (non-hydrogen) atoms. The van der Waals surface area contributed by atoms with Crippen LogP contribution in [0, 0.1) is 5.92 Å². The molecule has 1 unspecified atom stereocenters. The van der Waals surface area contributed by atoms with Gasteiger partial charge in [0.05, 0.1) is 5.69 Å². The largest absolute Gasteiger partial charge is 0.350 e. The Labute approximate surface area is 190 Å². The van der Waals surface area contributed by atoms with Gasteiger partial charge in [-0.25, -0.2) is 4.90 Å². The van der Waals surface area contributed by atoms with E-state index in [-0.39, 0.29) is 16.6 Å². The highest BCUT2D eigenvalue weighted by Gasteiger charge is 2.39. The van der Waals surface area contributed by atoms with E-state index < -0.39 is 11.8 Å². The first-order valence-electron chi connectivity index (χ1n) is 10.1. The molecule has 0 bridgehead atoms. The molecule has 2 aliphatic rings. The number of halogens is 2. The average molecular weight is 458 g/mol. The fourth-order valence-corrected chi connectivity index (χ4v) is 4.21. The molecule has 0 aliphatic carbocycles. The van der Waals surface area contributed by atoms with E-state index in [2.05, 4.69) is 12.2 Å². The number of hydrogen-bond acceptors (Lipinski definition) is 4. The fourth-order valence-electron chi connectivity index (χ4n) is 3.87. The fraction of sp³-hybridized carbons (Fsp3) is 0.261. The van der Waals surface area contributed by atoms with Crippen molar-refractivity contribution in [3.63, 3.8) is 0 Å². The number of carbonyl (C=O) groups excluding carboxylic acids is 3. The standard InChI is InChI=1S/C23H21Cl2N3O3/c1-14-4-3-11-27(13-14)21(29)15-5-2-6-17(12-15)26-20-19(25)22(30)28(23(20)31)18-9-7-16(24)8-10-18/h2,5-10,12,14,26H,3-4,11,13H2,1H3. The van der Waals surface area contributed by atoms with Gasteiger partial charge in [0.1, 0.15) is 10.7 Å². The molecule has 0 aromatic heterocycles. The third-order valence-corrected chi connectivity index (χ3v) is 6.04. The quantitative estimate of drug-likeness (QED) is 0.678. The van der Waals surface area contributed by atoms with Crippen LogP contribution in [0.3, 0.4) is 0 Å². The highest BCUT2D eigenvalue weighted by atomic mass is 35.5. The molecular formula is C23H21Cl2N3O3. The first-order valence-corrected chi connectivity index (χ1v) is 10.8. The van der Waals surface area contributed by atoms with Gasteiger partial charge in [-0.3, -0.25) is 14.4 Å². The predicted octanol–water partition coefficient (Wildman–Crippen LogP) is 4.65. The highest BCUT2D eigenvalue weighted by molar-refractivity contribution is 6.53. The number of piperidine rings is 1. The number of rotatable bonds is 4. The topological polar surface area (TPSA) is 69.7 Å². The van der Waals surface area contributed by atoms with Crippen LogP contribution in [0.1, 0.15) is 30.1 Å². The number of anilines is 2. The van der Waals surface area contributed by atoms with Crippen LogP contribution >= 0.6 is 23.2 Å². The molecule has 1 N–H and O–H groups in total. The molecule has 2 aromatic rings. The Bertz CT molecular complexity index is 1080. The van der Waals surface area contributed by atoms with Gasteiger partial charge in [0, 0.05) is 29.4 Å². The Kier molecular flexibility index (Phi) is 6.03. The van der Waals surface area contributed by atoms with Gasteiger partial charge in [-0.1, -0.05) is 36.2 Å². The molecule has 6 nitrogen and oxygen atoms in total. The van der Waals surface area contributed by atoms with Crippen molar-refractivity contribution in [2.45, 2.75) is 19.8 Å². The second-order valence-electron chi connectivity index (χ2n) is 7.82. The van der Waals surface area contributed by atoms with Crippen molar-refractivity contribution in [2.24, 2.45) is 5.92 Å². The Morgan fingerprint density at radius 2 is 1.81 bits per heavy atom. The molecular weight excluding hydrogens is 437 g/mol. The summed E-state index contributed by atoms with van der Waals surface area (Å²) >= 11 is 12.1. The second kappa shape index (κ2) is 8.73. The first kappa shape index (κ1) is 21.4. The second-order valence-corrected chi connectivity index (χ2v) is 8.63. The minimum atomic E-state index is -0.619. The molecule has 0 saturated carbocycles. The average Bonchev–Trinajstić information content (AvgIpc) is 2.97. The van der Waals surface area contributed by atoms with Crippen LogP contribution in [-0.4, -0.2) is 35.7 Å². The molecule has 2 aromatic carbocycles. The number of benzene rings is 2. The van der Waals surface area contributed by atoms with Gasteiger partial charge >= 0.3 is 0 Å². The maximum absolute atomic E-state index is 12.9. The van der Waals surface area contributed by atoms with Gasteiger partial charge in [-0.2, -0.15) is 0 Å². The summed E-state index contributed by atoms with van der Waals surface area (Å²) in [5, 5.41) is 3.21. The van der Waals surface area contributed by atoms with Crippen molar-refractivity contribution in [2.75, 3.05) is 23.3 Å². The number of nitrogens with zero attached hydrogens (tertiary/aromatic N) is 2. The van der Waals surface area contributed by atoms with Gasteiger partial charge in [0.25, 0.3) is 17.7 Å². The molecule has 2 heterocycles. The normalized spacial score (nSPS) is 19.3. The molecule has 160 valence electrons. The SMILES string of the molecule is CC1CCCN(C(=O)c2cccc(NC3=C(Cl)C(=O)N(c4ccc(Cl)cc4)C3=O)c2)C1. The smallest absolute Gasteiger partial charge is 0.283 e. The van der Waals surface area contributed by atoms with Crippen molar-refractivity contribution in [1.82, 2.24) is 4.90 Å². The zero-order valence-corrected chi connectivity index (χ0v) is 18.4. The molecule has 1 fully saturated rings. The summed E-state index contributed by atoms with van der Waals surface area (Å²) in [6.45, 7) is 3.61. The van der Waals surface area contributed by atoms with Gasteiger partial charge < -0.3 is 10.2 Å². The van der Waals surface area contributed by atoms with Crippen molar-refractivity contribution in [1.29, 1.82) is 0 Å². The van der Waals surface area contributed by atoms with E-state index in [9.17, 15) is 14.4 Å². The summed E-state index contributed by atoms with van der Waals surface area (Å²) in [5.74, 6) is -0.763. The molecule has 0 spiro atoms. The monoisotopic (exact) mass is 457 g/mol. The molecule has 0 radical (unpaired) electrons. The van der Waals surface area contributed by atoms with Gasteiger partial charge in [-0.15, -0.1) is 0 Å². The lowest BCUT2D eigenvalue weighted by Crippen LogP contribution is -2.39. The van der Waals surface area contributed by atoms with E-state index in [0.717, 1.165) is 30.8 Å². The van der Waals surface area contributed by atoms with Crippen LogP contribution in [-0.2, 0) is 9.59 Å². The summed E-state index contributed by atoms with van der Waals surface area (Å²) in [4.78, 5) is 41.3. The summed E-state index contributed by atoms with van der Waals surface area (Å²) in [6, 6.07) is 13.2. The molecule has 4 rings (SSSR count). The van der Waals surface area contributed by atoms with Crippen molar-refractivity contribution in [3.05, 3.63) is 69.8 Å². The lowest BCUT2D eigenvalue weighted by atomic mass is 9.99. The van der Waals surface area contributed by atoms with E-state index >= 15 is 0 Å².